The number of aromatic nitrogens is 1. The van der Waals surface area contributed by atoms with Crippen LogP contribution in [0.5, 0.6) is 0 Å². The van der Waals surface area contributed by atoms with Crippen molar-refractivity contribution in [2.75, 3.05) is 0 Å². The van der Waals surface area contributed by atoms with Gasteiger partial charge in [0.25, 0.3) is 0 Å². The summed E-state index contributed by atoms with van der Waals surface area (Å²) in [6.45, 7) is 8.67. The number of carbonyl (C=O) groups excluding carboxylic acids is 2. The van der Waals surface area contributed by atoms with E-state index in [1.165, 1.54) is 0 Å². The van der Waals surface area contributed by atoms with Crippen molar-refractivity contribution in [3.8, 4) is 0 Å². The lowest BCUT2D eigenvalue weighted by molar-refractivity contribution is -0.145. The van der Waals surface area contributed by atoms with Gasteiger partial charge in [-0.1, -0.05) is 13.0 Å². The summed E-state index contributed by atoms with van der Waals surface area (Å²) >= 11 is 0. The van der Waals surface area contributed by atoms with Crippen molar-refractivity contribution in [3.05, 3.63) is 30.1 Å². The molecule has 0 saturated heterocycles. The van der Waals surface area contributed by atoms with Gasteiger partial charge in [-0.05, 0) is 45.2 Å². The molecular formula is C18H26N2O2. The number of Topliss-reactive ketones (excluding diaryl/α,β-unsaturated/α-hetero) is 1. The highest BCUT2D eigenvalue weighted by atomic mass is 16.2. The molecule has 1 aliphatic carbocycles. The van der Waals surface area contributed by atoms with E-state index in [1.807, 2.05) is 50.8 Å². The zero-order chi connectivity index (χ0) is 16.3. The maximum atomic E-state index is 13.1. The fourth-order valence-corrected chi connectivity index (χ4v) is 3.07. The summed E-state index contributed by atoms with van der Waals surface area (Å²) in [6.07, 6.45) is 3.48. The maximum Gasteiger partial charge on any atom is 0.226 e. The average Bonchev–Trinajstić information content (AvgIpc) is 2.44. The minimum atomic E-state index is -0.268. The van der Waals surface area contributed by atoms with E-state index in [0.29, 0.717) is 25.8 Å². The molecule has 2 rings (SSSR count). The molecule has 1 saturated carbocycles. The van der Waals surface area contributed by atoms with Crippen LogP contribution in [0.4, 0.5) is 0 Å². The van der Waals surface area contributed by atoms with Gasteiger partial charge < -0.3 is 4.90 Å². The standard InChI is InChI=1S/C18H26N2O2/c1-13-11-15(21)8-9-16(13)17(22)20(18(2,3)4)12-14-7-5-6-10-19-14/h5-7,10,13,16H,8-9,11-12H2,1-4H3. The van der Waals surface area contributed by atoms with Gasteiger partial charge >= 0.3 is 0 Å². The van der Waals surface area contributed by atoms with Crippen molar-refractivity contribution in [3.63, 3.8) is 0 Å². The van der Waals surface area contributed by atoms with Crippen LogP contribution in [0, 0.1) is 11.8 Å². The molecule has 1 amide bonds. The Kier molecular flexibility index (Phi) is 4.99. The summed E-state index contributed by atoms with van der Waals surface area (Å²) in [5.41, 5.74) is 0.626. The van der Waals surface area contributed by atoms with Crippen LogP contribution in [0.15, 0.2) is 24.4 Å². The summed E-state index contributed by atoms with van der Waals surface area (Å²) in [5, 5.41) is 0. The molecule has 0 aromatic carbocycles. The monoisotopic (exact) mass is 302 g/mol. The van der Waals surface area contributed by atoms with Crippen LogP contribution in [0.25, 0.3) is 0 Å². The van der Waals surface area contributed by atoms with E-state index < -0.39 is 0 Å². The molecule has 2 atom stereocenters. The van der Waals surface area contributed by atoms with Crippen molar-refractivity contribution in [2.24, 2.45) is 11.8 Å². The molecular weight excluding hydrogens is 276 g/mol. The van der Waals surface area contributed by atoms with Gasteiger partial charge in [0.05, 0.1) is 12.2 Å². The normalized spacial score (nSPS) is 22.5. The Bertz CT molecular complexity index is 534. The molecule has 4 nitrogen and oxygen atoms in total. The number of amides is 1. The second-order valence-corrected chi connectivity index (χ2v) is 7.28. The number of pyridine rings is 1. The topological polar surface area (TPSA) is 50.3 Å². The van der Waals surface area contributed by atoms with Gasteiger partial charge in [0, 0.05) is 30.5 Å². The molecule has 0 bridgehead atoms. The third kappa shape index (κ3) is 3.93. The van der Waals surface area contributed by atoms with Crippen LogP contribution < -0.4 is 0 Å². The van der Waals surface area contributed by atoms with Crippen molar-refractivity contribution >= 4 is 11.7 Å². The second-order valence-electron chi connectivity index (χ2n) is 7.28. The molecule has 1 fully saturated rings. The van der Waals surface area contributed by atoms with E-state index in [4.69, 9.17) is 0 Å². The van der Waals surface area contributed by atoms with Crippen LogP contribution in [0.2, 0.25) is 0 Å². The Morgan fingerprint density at radius 3 is 2.64 bits per heavy atom. The van der Waals surface area contributed by atoms with Gasteiger partial charge in [-0.15, -0.1) is 0 Å². The smallest absolute Gasteiger partial charge is 0.226 e. The molecule has 1 aromatic heterocycles. The Labute approximate surface area is 132 Å². The molecule has 1 aromatic rings. The van der Waals surface area contributed by atoms with Gasteiger partial charge in [0.2, 0.25) is 5.91 Å². The summed E-state index contributed by atoms with van der Waals surface area (Å²) in [4.78, 5) is 30.9. The number of hydrogen-bond acceptors (Lipinski definition) is 3. The first-order valence-corrected chi connectivity index (χ1v) is 8.02. The predicted molar refractivity (Wildman–Crippen MR) is 86.1 cm³/mol. The first kappa shape index (κ1) is 16.7. The van der Waals surface area contributed by atoms with Crippen molar-refractivity contribution < 1.29 is 9.59 Å². The number of hydrogen-bond donors (Lipinski definition) is 0. The Balaban J connectivity index is 2.18. The molecule has 1 aliphatic rings. The summed E-state index contributed by atoms with van der Waals surface area (Å²) in [5.74, 6) is 0.504. The van der Waals surface area contributed by atoms with Crippen LogP contribution in [-0.4, -0.2) is 27.1 Å². The molecule has 120 valence electrons. The van der Waals surface area contributed by atoms with Crippen LogP contribution >= 0.6 is 0 Å². The molecule has 0 radical (unpaired) electrons. The summed E-state index contributed by atoms with van der Waals surface area (Å²) < 4.78 is 0. The van der Waals surface area contributed by atoms with E-state index in [2.05, 4.69) is 4.98 Å². The van der Waals surface area contributed by atoms with Crippen molar-refractivity contribution in [2.45, 2.75) is 59.0 Å². The van der Waals surface area contributed by atoms with Crippen molar-refractivity contribution in [1.29, 1.82) is 0 Å². The number of rotatable bonds is 3. The molecule has 0 aliphatic heterocycles. The lowest BCUT2D eigenvalue weighted by Crippen LogP contribution is -2.49. The minimum absolute atomic E-state index is 0.0550. The second kappa shape index (κ2) is 6.59. The maximum absolute atomic E-state index is 13.1. The summed E-state index contributed by atoms with van der Waals surface area (Å²) in [7, 11) is 0. The average molecular weight is 302 g/mol. The van der Waals surface area contributed by atoms with E-state index in [9.17, 15) is 9.59 Å². The lowest BCUT2D eigenvalue weighted by atomic mass is 9.78. The molecule has 2 unspecified atom stereocenters. The quantitative estimate of drug-likeness (QED) is 0.861. The first-order valence-electron chi connectivity index (χ1n) is 8.02. The third-order valence-corrected chi connectivity index (χ3v) is 4.41. The van der Waals surface area contributed by atoms with Crippen molar-refractivity contribution in [1.82, 2.24) is 9.88 Å². The van der Waals surface area contributed by atoms with Gasteiger partial charge in [-0.2, -0.15) is 0 Å². The van der Waals surface area contributed by atoms with Crippen LogP contribution in [0.3, 0.4) is 0 Å². The minimum Gasteiger partial charge on any atom is -0.332 e. The fraction of sp³-hybridized carbons (Fsp3) is 0.611. The number of nitrogens with zero attached hydrogens (tertiary/aromatic N) is 2. The highest BCUT2D eigenvalue weighted by Crippen LogP contribution is 2.31. The molecule has 0 spiro atoms. The van der Waals surface area contributed by atoms with Crippen LogP contribution in [-0.2, 0) is 16.1 Å². The molecule has 0 N–H and O–H groups in total. The highest BCUT2D eigenvalue weighted by Gasteiger charge is 2.37. The van der Waals surface area contributed by atoms with E-state index >= 15 is 0 Å². The summed E-state index contributed by atoms with van der Waals surface area (Å²) in [6, 6.07) is 5.76. The third-order valence-electron chi connectivity index (χ3n) is 4.41. The zero-order valence-corrected chi connectivity index (χ0v) is 14.0. The SMILES string of the molecule is CC1CC(=O)CCC1C(=O)N(Cc1ccccn1)C(C)(C)C. The van der Waals surface area contributed by atoms with E-state index in [0.717, 1.165) is 5.69 Å². The Morgan fingerprint density at radius 2 is 2.09 bits per heavy atom. The van der Waals surface area contributed by atoms with E-state index in [1.54, 1.807) is 6.20 Å². The van der Waals surface area contributed by atoms with Gasteiger partial charge in [-0.3, -0.25) is 14.6 Å². The predicted octanol–water partition coefficient (Wildman–Crippen LogP) is 3.21. The van der Waals surface area contributed by atoms with Crippen LogP contribution in [0.1, 0.15) is 52.7 Å². The highest BCUT2D eigenvalue weighted by molar-refractivity contribution is 5.85. The Hall–Kier alpha value is -1.71. The zero-order valence-electron chi connectivity index (χ0n) is 14.0. The van der Waals surface area contributed by atoms with E-state index in [-0.39, 0.29) is 29.1 Å². The fourth-order valence-electron chi connectivity index (χ4n) is 3.07. The van der Waals surface area contributed by atoms with Gasteiger partial charge in [0.15, 0.2) is 0 Å². The molecule has 1 heterocycles. The number of ketones is 1. The van der Waals surface area contributed by atoms with Gasteiger partial charge in [-0.25, -0.2) is 0 Å². The van der Waals surface area contributed by atoms with Gasteiger partial charge in [0.1, 0.15) is 5.78 Å². The number of carbonyl (C=O) groups is 2. The Morgan fingerprint density at radius 1 is 1.36 bits per heavy atom. The largest absolute Gasteiger partial charge is 0.332 e. The first-order chi connectivity index (χ1) is 10.3. The molecule has 4 heteroatoms. The molecule has 22 heavy (non-hydrogen) atoms. The lowest BCUT2D eigenvalue weighted by Gasteiger charge is -2.40.